The first kappa shape index (κ1) is 12.8. The Hall–Kier alpha value is -1.63. The van der Waals surface area contributed by atoms with Crippen LogP contribution in [0.4, 0.5) is 17.6 Å². The van der Waals surface area contributed by atoms with Crippen molar-refractivity contribution in [3.05, 3.63) is 52.1 Å². The van der Waals surface area contributed by atoms with Crippen molar-refractivity contribution in [2.75, 3.05) is 0 Å². The van der Waals surface area contributed by atoms with E-state index in [2.05, 4.69) is 20.9 Å². The van der Waals surface area contributed by atoms with Crippen LogP contribution in [-0.2, 0) is 0 Å². The van der Waals surface area contributed by atoms with Crippen LogP contribution in [0.3, 0.4) is 0 Å². The lowest BCUT2D eigenvalue weighted by Gasteiger charge is -2.07. The largest absolute Gasteiger partial charge is 0.435 e. The maximum Gasteiger partial charge on any atom is 0.258 e. The Morgan fingerprint density at radius 1 is 1.00 bits per heavy atom. The summed E-state index contributed by atoms with van der Waals surface area (Å²) in [6.07, 6.45) is 0. The van der Waals surface area contributed by atoms with Gasteiger partial charge in [0.1, 0.15) is 11.6 Å². The second-order valence-corrected chi connectivity index (χ2v) is 4.08. The average Bonchev–Trinajstić information content (AvgIpc) is 2.29. The summed E-state index contributed by atoms with van der Waals surface area (Å²) in [5.74, 6) is -5.31. The van der Waals surface area contributed by atoms with Crippen LogP contribution in [-0.4, -0.2) is 4.98 Å². The highest BCUT2D eigenvalue weighted by molar-refractivity contribution is 9.10. The van der Waals surface area contributed by atoms with Gasteiger partial charge in [-0.25, -0.2) is 13.2 Å². The summed E-state index contributed by atoms with van der Waals surface area (Å²) in [5.41, 5.74) is 0. The molecular weight excluding hydrogens is 318 g/mol. The normalized spacial score (nSPS) is 10.5. The maximum absolute atomic E-state index is 13.2. The van der Waals surface area contributed by atoms with Gasteiger partial charge in [-0.2, -0.15) is 9.37 Å². The minimum atomic E-state index is -1.48. The molecule has 1 aromatic carbocycles. The fourth-order valence-electron chi connectivity index (χ4n) is 1.16. The van der Waals surface area contributed by atoms with Crippen molar-refractivity contribution in [3.8, 4) is 11.6 Å². The number of pyridine rings is 1. The van der Waals surface area contributed by atoms with Crippen LogP contribution in [0.5, 0.6) is 11.6 Å². The second-order valence-electron chi connectivity index (χ2n) is 3.22. The van der Waals surface area contributed by atoms with Gasteiger partial charge in [0.25, 0.3) is 11.8 Å². The highest BCUT2D eigenvalue weighted by Crippen LogP contribution is 2.30. The highest BCUT2D eigenvalue weighted by atomic mass is 79.9. The first-order valence-electron chi connectivity index (χ1n) is 4.62. The quantitative estimate of drug-likeness (QED) is 0.611. The Balaban J connectivity index is 2.37. The predicted octanol–water partition coefficient (Wildman–Crippen LogP) is 4.19. The summed E-state index contributed by atoms with van der Waals surface area (Å²) >= 11 is 2.98. The summed E-state index contributed by atoms with van der Waals surface area (Å²) in [5, 5.41) is 0. The van der Waals surface area contributed by atoms with Gasteiger partial charge in [0.2, 0.25) is 0 Å². The van der Waals surface area contributed by atoms with Crippen LogP contribution < -0.4 is 4.74 Å². The molecule has 94 valence electrons. The molecule has 0 bridgehead atoms. The van der Waals surface area contributed by atoms with Gasteiger partial charge >= 0.3 is 0 Å². The zero-order chi connectivity index (χ0) is 13.3. The molecular formula is C11H4BrF4NO. The Bertz CT molecular complexity index is 606. The van der Waals surface area contributed by atoms with Crippen LogP contribution in [0.1, 0.15) is 0 Å². The molecule has 2 aromatic rings. The Morgan fingerprint density at radius 3 is 2.39 bits per heavy atom. The Labute approximate surface area is 107 Å². The number of hydrogen-bond acceptors (Lipinski definition) is 2. The molecule has 7 heteroatoms. The summed E-state index contributed by atoms with van der Waals surface area (Å²) in [7, 11) is 0. The summed E-state index contributed by atoms with van der Waals surface area (Å²) in [4.78, 5) is 2.98. The van der Waals surface area contributed by atoms with Crippen LogP contribution in [0.2, 0.25) is 0 Å². The van der Waals surface area contributed by atoms with Gasteiger partial charge in [0, 0.05) is 6.07 Å². The third kappa shape index (κ3) is 2.61. The molecule has 1 aromatic heterocycles. The van der Waals surface area contributed by atoms with Crippen molar-refractivity contribution in [1.29, 1.82) is 0 Å². The second kappa shape index (κ2) is 4.93. The molecule has 0 aliphatic rings. The highest BCUT2D eigenvalue weighted by Gasteiger charge is 2.14. The van der Waals surface area contributed by atoms with E-state index in [1.54, 1.807) is 0 Å². The van der Waals surface area contributed by atoms with E-state index < -0.39 is 29.3 Å². The molecule has 0 saturated carbocycles. The van der Waals surface area contributed by atoms with Crippen molar-refractivity contribution in [2.24, 2.45) is 0 Å². The summed E-state index contributed by atoms with van der Waals surface area (Å²) < 4.78 is 56.6. The predicted molar refractivity (Wildman–Crippen MR) is 58.3 cm³/mol. The number of ether oxygens (including phenoxy) is 1. The fourth-order valence-corrected chi connectivity index (χ4v) is 1.59. The van der Waals surface area contributed by atoms with Crippen molar-refractivity contribution < 1.29 is 22.3 Å². The molecule has 2 nitrogen and oxygen atoms in total. The van der Waals surface area contributed by atoms with Gasteiger partial charge in [-0.05, 0) is 34.1 Å². The van der Waals surface area contributed by atoms with E-state index in [0.29, 0.717) is 6.07 Å². The smallest absolute Gasteiger partial charge is 0.258 e. The number of benzene rings is 1. The molecule has 18 heavy (non-hydrogen) atoms. The molecule has 0 amide bonds. The van der Waals surface area contributed by atoms with Gasteiger partial charge in [-0.15, -0.1) is 0 Å². The number of rotatable bonds is 2. The van der Waals surface area contributed by atoms with Crippen molar-refractivity contribution in [2.45, 2.75) is 0 Å². The molecule has 0 spiro atoms. The first-order chi connectivity index (χ1) is 8.47. The van der Waals surface area contributed by atoms with E-state index in [4.69, 9.17) is 4.74 Å². The SMILES string of the molecule is Fc1ccc(Oc2nc(F)c(F)cc2F)c(Br)c1. The average molecular weight is 322 g/mol. The minimum absolute atomic E-state index is 0.0220. The van der Waals surface area contributed by atoms with E-state index in [-0.39, 0.29) is 10.2 Å². The molecule has 0 aliphatic carbocycles. The third-order valence-corrected chi connectivity index (χ3v) is 2.57. The van der Waals surface area contributed by atoms with Crippen molar-refractivity contribution in [1.82, 2.24) is 4.98 Å². The first-order valence-corrected chi connectivity index (χ1v) is 5.41. The summed E-state index contributed by atoms with van der Waals surface area (Å²) in [6, 6.07) is 3.65. The molecule has 0 unspecified atom stereocenters. The fraction of sp³-hybridized carbons (Fsp3) is 0. The lowest BCUT2D eigenvalue weighted by atomic mass is 10.3. The van der Waals surface area contributed by atoms with Gasteiger partial charge in [0.15, 0.2) is 11.6 Å². The minimum Gasteiger partial charge on any atom is -0.435 e. The number of nitrogens with zero attached hydrogens (tertiary/aromatic N) is 1. The van der Waals surface area contributed by atoms with Crippen LogP contribution >= 0.6 is 15.9 Å². The number of hydrogen-bond donors (Lipinski definition) is 0. The van der Waals surface area contributed by atoms with Crippen molar-refractivity contribution >= 4 is 15.9 Å². The molecule has 0 saturated heterocycles. The molecule has 0 atom stereocenters. The third-order valence-electron chi connectivity index (χ3n) is 1.96. The van der Waals surface area contributed by atoms with E-state index in [9.17, 15) is 17.6 Å². The topological polar surface area (TPSA) is 22.1 Å². The molecule has 2 rings (SSSR count). The van der Waals surface area contributed by atoms with Crippen LogP contribution in [0.25, 0.3) is 0 Å². The standard InChI is InChI=1S/C11H4BrF4NO/c12-6-3-5(13)1-2-9(6)18-11-8(15)4-7(14)10(16)17-11/h1-4H. The van der Waals surface area contributed by atoms with Crippen LogP contribution in [0.15, 0.2) is 28.7 Å². The Morgan fingerprint density at radius 2 is 1.72 bits per heavy atom. The lowest BCUT2D eigenvalue weighted by Crippen LogP contribution is -1.98. The molecule has 0 fully saturated rings. The van der Waals surface area contributed by atoms with E-state index in [1.807, 2.05) is 0 Å². The molecule has 0 radical (unpaired) electrons. The number of halogens is 5. The number of aromatic nitrogens is 1. The van der Waals surface area contributed by atoms with Crippen LogP contribution in [0, 0.1) is 23.4 Å². The van der Waals surface area contributed by atoms with Gasteiger partial charge in [0.05, 0.1) is 4.47 Å². The molecule has 0 aliphatic heterocycles. The van der Waals surface area contributed by atoms with Crippen molar-refractivity contribution in [3.63, 3.8) is 0 Å². The van der Waals surface area contributed by atoms with E-state index >= 15 is 0 Å². The zero-order valence-electron chi connectivity index (χ0n) is 8.55. The van der Waals surface area contributed by atoms with E-state index in [1.165, 1.54) is 6.07 Å². The lowest BCUT2D eigenvalue weighted by molar-refractivity contribution is 0.385. The zero-order valence-corrected chi connectivity index (χ0v) is 10.1. The monoisotopic (exact) mass is 321 g/mol. The maximum atomic E-state index is 13.2. The van der Waals surface area contributed by atoms with E-state index in [0.717, 1.165) is 12.1 Å². The molecule has 1 heterocycles. The van der Waals surface area contributed by atoms with Gasteiger partial charge < -0.3 is 4.74 Å². The Kier molecular flexibility index (Phi) is 3.51. The van der Waals surface area contributed by atoms with Gasteiger partial charge in [-0.1, -0.05) is 0 Å². The van der Waals surface area contributed by atoms with Gasteiger partial charge in [-0.3, -0.25) is 0 Å². The summed E-state index contributed by atoms with van der Waals surface area (Å²) in [6.45, 7) is 0. The molecule has 0 N–H and O–H groups in total.